The van der Waals surface area contributed by atoms with Gasteiger partial charge in [0.1, 0.15) is 18.2 Å². The molecule has 3 heterocycles. The van der Waals surface area contributed by atoms with Gasteiger partial charge in [0.2, 0.25) is 5.91 Å². The van der Waals surface area contributed by atoms with Crippen molar-refractivity contribution in [3.63, 3.8) is 0 Å². The zero-order valence-electron chi connectivity index (χ0n) is 22.9. The highest BCUT2D eigenvalue weighted by Gasteiger charge is 2.73. The molecule has 2 aliphatic heterocycles. The van der Waals surface area contributed by atoms with Gasteiger partial charge in [-0.15, -0.1) is 0 Å². The second-order valence-electron chi connectivity index (χ2n) is 10.7. The van der Waals surface area contributed by atoms with Gasteiger partial charge in [-0.2, -0.15) is 5.06 Å². The molecule has 10 heteroatoms. The van der Waals surface area contributed by atoms with E-state index in [1.807, 2.05) is 60.7 Å². The lowest BCUT2D eigenvalue weighted by molar-refractivity contribution is -0.218. The van der Waals surface area contributed by atoms with Gasteiger partial charge in [-0.05, 0) is 41.5 Å². The van der Waals surface area contributed by atoms with Gasteiger partial charge in [-0.1, -0.05) is 48.2 Å². The summed E-state index contributed by atoms with van der Waals surface area (Å²) in [6.45, 7) is 1.64. The van der Waals surface area contributed by atoms with E-state index in [1.54, 1.807) is 18.5 Å². The number of esters is 1. The number of nitrogens with one attached hydrogen (secondary N) is 1. The number of pyridine rings is 1. The Morgan fingerprint density at radius 1 is 1.07 bits per heavy atom. The number of hydrogen-bond donors (Lipinski definition) is 2. The predicted molar refractivity (Wildman–Crippen MR) is 150 cm³/mol. The molecule has 1 saturated carbocycles. The number of nitrogens with zero attached hydrogens (tertiary/aromatic N) is 2. The molecular formula is C32H30N4O6. The summed E-state index contributed by atoms with van der Waals surface area (Å²) in [6, 6.07) is 19.8. The van der Waals surface area contributed by atoms with Gasteiger partial charge >= 0.3 is 5.97 Å². The summed E-state index contributed by atoms with van der Waals surface area (Å²) in [6.07, 6.45) is 1.75. The Labute approximate surface area is 243 Å². The number of hydroxylamine groups is 2. The summed E-state index contributed by atoms with van der Waals surface area (Å²) in [5, 5.41) is 4.43. The number of hydrogen-bond acceptors (Lipinski definition) is 8. The van der Waals surface area contributed by atoms with Crippen molar-refractivity contribution in [2.45, 2.75) is 56.4 Å². The van der Waals surface area contributed by atoms with Crippen LogP contribution in [0.15, 0.2) is 79.1 Å². The van der Waals surface area contributed by atoms with E-state index in [-0.39, 0.29) is 25.6 Å². The molecular weight excluding hydrogens is 536 g/mol. The van der Waals surface area contributed by atoms with Gasteiger partial charge in [0.25, 0.3) is 5.91 Å². The normalized spacial score (nSPS) is 27.5. The van der Waals surface area contributed by atoms with Crippen LogP contribution in [0.25, 0.3) is 0 Å². The van der Waals surface area contributed by atoms with Crippen LogP contribution in [0.4, 0.5) is 0 Å². The molecule has 3 aliphatic rings. The highest BCUT2D eigenvalue weighted by molar-refractivity contribution is 5.89. The molecule has 42 heavy (non-hydrogen) atoms. The minimum absolute atomic E-state index is 0.153. The summed E-state index contributed by atoms with van der Waals surface area (Å²) in [7, 11) is 0. The molecule has 3 aromatic rings. The maximum absolute atomic E-state index is 13.9. The van der Waals surface area contributed by atoms with Crippen LogP contribution < -0.4 is 11.1 Å². The minimum Gasteiger partial charge on any atom is -0.459 e. The molecule has 2 amide bonds. The van der Waals surface area contributed by atoms with Crippen molar-refractivity contribution in [1.29, 1.82) is 0 Å². The first kappa shape index (κ1) is 27.6. The molecule has 0 radical (unpaired) electrons. The van der Waals surface area contributed by atoms with Crippen LogP contribution in [0.5, 0.6) is 0 Å². The first-order valence-electron chi connectivity index (χ1n) is 13.7. The van der Waals surface area contributed by atoms with Gasteiger partial charge < -0.3 is 20.5 Å². The standard InChI is InChI=1S/C32H30N4O6/c1-20(37)40-29-26-27(30(38)35-18-24-11-6-14-34-17-24)36(42-32(26,31(33)39)16-25-28(29)41-25)19-23-10-5-9-22(15-23)13-12-21-7-3-2-4-8-21/h2-11,14-15,17,25-29H,16,18-19H2,1H3,(H2,33,39)(H,35,38)/t25-,26?,27?,28-,29-,32-/m0/s1. The van der Waals surface area contributed by atoms with Crippen LogP contribution in [0.3, 0.4) is 0 Å². The molecule has 6 rings (SSSR count). The summed E-state index contributed by atoms with van der Waals surface area (Å²) in [5.41, 5.74) is 7.65. The number of carbonyl (C=O) groups excluding carboxylic acids is 3. The zero-order valence-corrected chi connectivity index (χ0v) is 22.9. The number of aromatic nitrogens is 1. The van der Waals surface area contributed by atoms with Crippen molar-refractivity contribution in [3.05, 3.63) is 101 Å². The van der Waals surface area contributed by atoms with Crippen LogP contribution in [0.2, 0.25) is 0 Å². The van der Waals surface area contributed by atoms with E-state index in [4.69, 9.17) is 20.0 Å². The third kappa shape index (κ3) is 5.50. The Kier molecular flexibility index (Phi) is 7.47. The molecule has 214 valence electrons. The number of benzene rings is 2. The first-order valence-corrected chi connectivity index (χ1v) is 13.7. The predicted octanol–water partition coefficient (Wildman–Crippen LogP) is 1.86. The van der Waals surface area contributed by atoms with E-state index in [1.165, 1.54) is 12.0 Å². The highest BCUT2D eigenvalue weighted by Crippen LogP contribution is 2.54. The number of primary amides is 1. The van der Waals surface area contributed by atoms with E-state index in [2.05, 4.69) is 22.1 Å². The third-order valence-electron chi connectivity index (χ3n) is 7.84. The molecule has 2 aromatic carbocycles. The SMILES string of the molecule is CC(=O)O[C@H]1C2C(C(=O)NCc3cccnc3)N(Cc3cccc(C#Cc4ccccc4)c3)O[C@@]2(C(N)=O)C[C@@H]2O[C@@H]21. The molecule has 3 N–H and O–H groups in total. The number of amides is 2. The Balaban J connectivity index is 1.32. The number of epoxide rings is 1. The Bertz CT molecular complexity index is 1560. The lowest BCUT2D eigenvalue weighted by Crippen LogP contribution is -2.61. The molecule has 3 fully saturated rings. The van der Waals surface area contributed by atoms with Crippen LogP contribution in [-0.2, 0) is 41.8 Å². The Morgan fingerprint density at radius 3 is 2.57 bits per heavy atom. The molecule has 2 saturated heterocycles. The first-order chi connectivity index (χ1) is 20.3. The topological polar surface area (TPSA) is 136 Å². The van der Waals surface area contributed by atoms with Crippen LogP contribution >= 0.6 is 0 Å². The Morgan fingerprint density at radius 2 is 1.83 bits per heavy atom. The highest BCUT2D eigenvalue weighted by atomic mass is 16.7. The molecule has 2 unspecified atom stereocenters. The summed E-state index contributed by atoms with van der Waals surface area (Å²) < 4.78 is 11.4. The van der Waals surface area contributed by atoms with Crippen molar-refractivity contribution in [2.24, 2.45) is 11.7 Å². The van der Waals surface area contributed by atoms with Crippen molar-refractivity contribution >= 4 is 17.8 Å². The van der Waals surface area contributed by atoms with Crippen molar-refractivity contribution in [2.75, 3.05) is 0 Å². The average Bonchev–Trinajstić information content (AvgIpc) is 3.68. The van der Waals surface area contributed by atoms with Crippen LogP contribution in [0.1, 0.15) is 35.6 Å². The molecule has 6 atom stereocenters. The second kappa shape index (κ2) is 11.4. The lowest BCUT2D eigenvalue weighted by Gasteiger charge is -2.37. The van der Waals surface area contributed by atoms with Gasteiger partial charge in [-0.25, -0.2) is 0 Å². The molecule has 0 spiro atoms. The lowest BCUT2D eigenvalue weighted by atomic mass is 9.70. The smallest absolute Gasteiger partial charge is 0.303 e. The van der Waals surface area contributed by atoms with E-state index >= 15 is 0 Å². The monoisotopic (exact) mass is 566 g/mol. The molecule has 10 nitrogen and oxygen atoms in total. The Hall–Kier alpha value is -4.56. The van der Waals surface area contributed by atoms with Crippen molar-refractivity contribution < 1.29 is 28.7 Å². The summed E-state index contributed by atoms with van der Waals surface area (Å²) in [5.74, 6) is 3.74. The number of ether oxygens (including phenoxy) is 2. The minimum atomic E-state index is -1.60. The van der Waals surface area contributed by atoms with Gasteiger partial charge in [-0.3, -0.25) is 24.2 Å². The molecule has 1 aromatic heterocycles. The quantitative estimate of drug-likeness (QED) is 0.251. The van der Waals surface area contributed by atoms with E-state index in [0.29, 0.717) is 0 Å². The number of nitrogens with two attached hydrogens (primary N) is 1. The third-order valence-corrected chi connectivity index (χ3v) is 7.84. The number of fused-ring (bicyclic) bond motifs is 2. The van der Waals surface area contributed by atoms with Gasteiger partial charge in [0, 0.05) is 43.4 Å². The maximum atomic E-state index is 13.9. The van der Waals surface area contributed by atoms with Gasteiger partial charge in [0.05, 0.1) is 18.6 Å². The van der Waals surface area contributed by atoms with Crippen LogP contribution in [-0.4, -0.2) is 57.8 Å². The van der Waals surface area contributed by atoms with E-state index in [9.17, 15) is 14.4 Å². The van der Waals surface area contributed by atoms with Crippen LogP contribution in [0, 0.1) is 17.8 Å². The fraction of sp³-hybridized carbons (Fsp3) is 0.312. The fourth-order valence-electron chi connectivity index (χ4n) is 5.95. The maximum Gasteiger partial charge on any atom is 0.303 e. The summed E-state index contributed by atoms with van der Waals surface area (Å²) in [4.78, 5) is 49.6. The zero-order chi connectivity index (χ0) is 29.3. The molecule has 0 bridgehead atoms. The number of rotatable bonds is 7. The largest absolute Gasteiger partial charge is 0.459 e. The van der Waals surface area contributed by atoms with E-state index < -0.39 is 47.6 Å². The molecule has 1 aliphatic carbocycles. The van der Waals surface area contributed by atoms with Crippen molar-refractivity contribution in [3.8, 4) is 11.8 Å². The second-order valence-corrected chi connectivity index (χ2v) is 10.7. The summed E-state index contributed by atoms with van der Waals surface area (Å²) >= 11 is 0. The fourth-order valence-corrected chi connectivity index (χ4v) is 5.95. The van der Waals surface area contributed by atoms with Gasteiger partial charge in [0.15, 0.2) is 5.60 Å². The van der Waals surface area contributed by atoms with Crippen molar-refractivity contribution in [1.82, 2.24) is 15.4 Å². The average molecular weight is 567 g/mol. The van der Waals surface area contributed by atoms with E-state index in [0.717, 1.165) is 22.3 Å². The number of carbonyl (C=O) groups is 3.